The molecule has 7 nitrogen and oxygen atoms in total. The van der Waals surface area contributed by atoms with E-state index in [1.165, 1.54) is 0 Å². The topological polar surface area (TPSA) is 136 Å². The van der Waals surface area contributed by atoms with E-state index in [0.717, 1.165) is 0 Å². The summed E-state index contributed by atoms with van der Waals surface area (Å²) in [4.78, 5) is 32.6. The van der Waals surface area contributed by atoms with Crippen molar-refractivity contribution in [3.05, 3.63) is 0 Å². The highest BCUT2D eigenvalue weighted by atomic mass is 32.1. The molecule has 110 valence electrons. The van der Waals surface area contributed by atoms with E-state index in [9.17, 15) is 14.4 Å². The first-order valence-corrected chi connectivity index (χ1v) is 6.64. The zero-order valence-electron chi connectivity index (χ0n) is 10.7. The van der Waals surface area contributed by atoms with Crippen LogP contribution in [0.2, 0.25) is 0 Å². The lowest BCUT2D eigenvalue weighted by Gasteiger charge is -2.16. The molecule has 6 N–H and O–H groups in total. The Balaban J connectivity index is 3.97. The second-order valence-corrected chi connectivity index (χ2v) is 4.70. The maximum Gasteiger partial charge on any atom is 0.303 e. The molecule has 0 saturated carbocycles. The number of thiol groups is 1. The van der Waals surface area contributed by atoms with Crippen molar-refractivity contribution in [3.8, 4) is 0 Å². The number of amides is 2. The summed E-state index contributed by atoms with van der Waals surface area (Å²) >= 11 is 4.13. The third-order valence-electron chi connectivity index (χ3n) is 2.63. The molecular weight excluding hydrogens is 270 g/mol. The number of aliphatic carboxylic acids is 1. The number of hydrogen-bond donors (Lipinski definition) is 5. The molecule has 0 heterocycles. The van der Waals surface area contributed by atoms with Crippen LogP contribution in [0.1, 0.15) is 25.7 Å². The van der Waals surface area contributed by atoms with Crippen LogP contribution in [0.25, 0.3) is 0 Å². The Hall–Kier alpha value is -1.28. The molecule has 0 spiro atoms. The number of carbonyl (C=O) groups is 3. The second-order valence-electron chi connectivity index (χ2n) is 4.34. The molecule has 1 unspecified atom stereocenters. The van der Waals surface area contributed by atoms with Gasteiger partial charge in [-0.3, -0.25) is 14.4 Å². The Bertz CT molecular complexity index is 325. The normalized spacial score (nSPS) is 13.6. The highest BCUT2D eigenvalue weighted by Crippen LogP contribution is 2.07. The smallest absolute Gasteiger partial charge is 0.303 e. The molecule has 0 rings (SSSR count). The van der Waals surface area contributed by atoms with Crippen LogP contribution in [0, 0.1) is 5.92 Å². The lowest BCUT2D eigenvalue weighted by Crippen LogP contribution is -2.43. The molecule has 0 aromatic rings. The number of hydrogen-bond acceptors (Lipinski definition) is 5. The van der Waals surface area contributed by atoms with Gasteiger partial charge < -0.3 is 21.9 Å². The molecule has 2 atom stereocenters. The van der Waals surface area contributed by atoms with Crippen LogP contribution in [0.15, 0.2) is 0 Å². The Morgan fingerprint density at radius 2 is 1.84 bits per heavy atom. The summed E-state index contributed by atoms with van der Waals surface area (Å²) in [6.07, 6.45) is 0.732. The van der Waals surface area contributed by atoms with Gasteiger partial charge in [-0.25, -0.2) is 0 Å². The standard InChI is InChI=1S/C11H21N3O4S/c12-8(2-4-10(16)17)11(18)14-5-7(6-19)1-3-9(13)15/h7-8,19H,1-6,12H2,(H2,13,15)(H,14,18)(H,16,17)/t7-,8?/m1/s1. The second kappa shape index (κ2) is 9.62. The third kappa shape index (κ3) is 9.32. The summed E-state index contributed by atoms with van der Waals surface area (Å²) < 4.78 is 0. The summed E-state index contributed by atoms with van der Waals surface area (Å²) in [5, 5.41) is 11.1. The van der Waals surface area contributed by atoms with Crippen molar-refractivity contribution in [1.29, 1.82) is 0 Å². The maximum atomic E-state index is 11.6. The summed E-state index contributed by atoms with van der Waals surface area (Å²) in [6.45, 7) is 0.344. The number of rotatable bonds is 10. The average Bonchev–Trinajstić information content (AvgIpc) is 2.35. The summed E-state index contributed by atoms with van der Waals surface area (Å²) in [5.41, 5.74) is 10.6. The zero-order chi connectivity index (χ0) is 14.8. The van der Waals surface area contributed by atoms with Crippen LogP contribution in [0.4, 0.5) is 0 Å². The minimum atomic E-state index is -0.988. The first kappa shape index (κ1) is 17.7. The molecular formula is C11H21N3O4S. The number of carboxylic acid groups (broad SMARTS) is 1. The van der Waals surface area contributed by atoms with E-state index >= 15 is 0 Å². The monoisotopic (exact) mass is 291 g/mol. The maximum absolute atomic E-state index is 11.6. The summed E-state index contributed by atoms with van der Waals surface area (Å²) in [5.74, 6) is -1.23. The third-order valence-corrected chi connectivity index (χ3v) is 3.14. The summed E-state index contributed by atoms with van der Waals surface area (Å²) in [6, 6.07) is -0.840. The Morgan fingerprint density at radius 1 is 1.21 bits per heavy atom. The molecule has 0 saturated heterocycles. The number of carboxylic acids is 1. The predicted octanol–water partition coefficient (Wildman–Crippen LogP) is -0.894. The van der Waals surface area contributed by atoms with Gasteiger partial charge in [0, 0.05) is 19.4 Å². The van der Waals surface area contributed by atoms with Gasteiger partial charge in [0.25, 0.3) is 0 Å². The van der Waals surface area contributed by atoms with E-state index in [-0.39, 0.29) is 25.2 Å². The molecule has 0 bridgehead atoms. The average molecular weight is 291 g/mol. The fourth-order valence-electron chi connectivity index (χ4n) is 1.39. The lowest BCUT2D eigenvalue weighted by molar-refractivity contribution is -0.137. The van der Waals surface area contributed by atoms with E-state index in [1.54, 1.807) is 0 Å². The van der Waals surface area contributed by atoms with Crippen LogP contribution in [-0.4, -0.2) is 41.2 Å². The Kier molecular flexibility index (Phi) is 8.98. The fraction of sp³-hybridized carbons (Fsp3) is 0.727. The number of primary amides is 1. The van der Waals surface area contributed by atoms with Crippen molar-refractivity contribution in [2.75, 3.05) is 12.3 Å². The Labute approximate surface area is 117 Å². The highest BCUT2D eigenvalue weighted by Gasteiger charge is 2.16. The molecule has 0 aliphatic carbocycles. The van der Waals surface area contributed by atoms with E-state index in [2.05, 4.69) is 17.9 Å². The molecule has 0 aromatic carbocycles. The van der Waals surface area contributed by atoms with Crippen molar-refractivity contribution >= 4 is 30.4 Å². The summed E-state index contributed by atoms with van der Waals surface area (Å²) in [7, 11) is 0. The SMILES string of the molecule is NC(=O)CC[C@@H](CS)CNC(=O)C(N)CCC(=O)O. The van der Waals surface area contributed by atoms with Crippen molar-refractivity contribution in [1.82, 2.24) is 5.32 Å². The van der Waals surface area contributed by atoms with Gasteiger partial charge in [0.2, 0.25) is 11.8 Å². The molecule has 19 heavy (non-hydrogen) atoms. The van der Waals surface area contributed by atoms with Gasteiger partial charge in [0.05, 0.1) is 6.04 Å². The molecule has 0 aromatic heterocycles. The van der Waals surface area contributed by atoms with Gasteiger partial charge >= 0.3 is 5.97 Å². The van der Waals surface area contributed by atoms with Crippen molar-refractivity contribution in [2.24, 2.45) is 17.4 Å². The fourth-order valence-corrected chi connectivity index (χ4v) is 1.70. The van der Waals surface area contributed by atoms with E-state index < -0.39 is 23.8 Å². The number of nitrogens with two attached hydrogens (primary N) is 2. The number of carbonyl (C=O) groups excluding carboxylic acids is 2. The van der Waals surface area contributed by atoms with Gasteiger partial charge in [-0.2, -0.15) is 12.6 Å². The van der Waals surface area contributed by atoms with Gasteiger partial charge in [0.1, 0.15) is 0 Å². The van der Waals surface area contributed by atoms with Gasteiger partial charge in [-0.15, -0.1) is 0 Å². The number of nitrogens with one attached hydrogen (secondary N) is 1. The molecule has 0 fully saturated rings. The first-order valence-electron chi connectivity index (χ1n) is 6.01. The van der Waals surface area contributed by atoms with Crippen LogP contribution >= 0.6 is 12.6 Å². The predicted molar refractivity (Wildman–Crippen MR) is 73.6 cm³/mol. The van der Waals surface area contributed by atoms with Crippen molar-refractivity contribution in [2.45, 2.75) is 31.7 Å². The van der Waals surface area contributed by atoms with E-state index in [0.29, 0.717) is 18.7 Å². The van der Waals surface area contributed by atoms with Gasteiger partial charge in [-0.1, -0.05) is 0 Å². The van der Waals surface area contributed by atoms with Crippen LogP contribution in [0.5, 0.6) is 0 Å². The largest absolute Gasteiger partial charge is 0.481 e. The van der Waals surface area contributed by atoms with E-state index in [1.807, 2.05) is 0 Å². The van der Waals surface area contributed by atoms with Crippen LogP contribution < -0.4 is 16.8 Å². The molecule has 0 aliphatic rings. The molecule has 0 aliphatic heterocycles. The highest BCUT2D eigenvalue weighted by molar-refractivity contribution is 7.80. The molecule has 2 amide bonds. The van der Waals surface area contributed by atoms with Crippen LogP contribution in [-0.2, 0) is 14.4 Å². The minimum absolute atomic E-state index is 0.0338. The molecule has 8 heteroatoms. The van der Waals surface area contributed by atoms with Crippen LogP contribution in [0.3, 0.4) is 0 Å². The first-order chi connectivity index (χ1) is 8.86. The molecule has 0 radical (unpaired) electrons. The van der Waals surface area contributed by atoms with Crippen molar-refractivity contribution in [3.63, 3.8) is 0 Å². The van der Waals surface area contributed by atoms with Gasteiger partial charge in [0.15, 0.2) is 0 Å². The Morgan fingerprint density at radius 3 is 2.32 bits per heavy atom. The lowest BCUT2D eigenvalue weighted by atomic mass is 10.0. The zero-order valence-corrected chi connectivity index (χ0v) is 11.6. The minimum Gasteiger partial charge on any atom is -0.481 e. The van der Waals surface area contributed by atoms with Crippen molar-refractivity contribution < 1.29 is 19.5 Å². The van der Waals surface area contributed by atoms with Gasteiger partial charge in [-0.05, 0) is 24.5 Å². The quantitative estimate of drug-likeness (QED) is 0.333. The van der Waals surface area contributed by atoms with E-state index in [4.69, 9.17) is 16.6 Å².